The zero-order valence-electron chi connectivity index (χ0n) is 10.1. The molecule has 104 valence electrons. The number of rotatable bonds is 1. The van der Waals surface area contributed by atoms with E-state index >= 15 is 0 Å². The number of nitrogens with one attached hydrogen (secondary N) is 1. The molecule has 0 aliphatic carbocycles. The van der Waals surface area contributed by atoms with Gasteiger partial charge in [-0.25, -0.2) is 4.39 Å². The van der Waals surface area contributed by atoms with Gasteiger partial charge in [0, 0.05) is 15.1 Å². The van der Waals surface area contributed by atoms with Crippen molar-refractivity contribution in [3.63, 3.8) is 0 Å². The van der Waals surface area contributed by atoms with Gasteiger partial charge in [-0.3, -0.25) is 0 Å². The Bertz CT molecular complexity index is 680. The fourth-order valence-electron chi connectivity index (χ4n) is 2.13. The van der Waals surface area contributed by atoms with Gasteiger partial charge in [-0.15, -0.1) is 0 Å². The maximum atomic E-state index is 14.0. The summed E-state index contributed by atoms with van der Waals surface area (Å²) in [6.45, 7) is 0.447. The van der Waals surface area contributed by atoms with Gasteiger partial charge in [0.25, 0.3) is 0 Å². The van der Waals surface area contributed by atoms with Gasteiger partial charge in [-0.2, -0.15) is 0 Å². The van der Waals surface area contributed by atoms with Crippen LogP contribution in [-0.4, -0.2) is 6.54 Å². The van der Waals surface area contributed by atoms with Crippen molar-refractivity contribution in [1.82, 2.24) is 0 Å². The molecule has 0 aromatic heterocycles. The first kappa shape index (κ1) is 14.0. The molecule has 0 saturated carbocycles. The summed E-state index contributed by atoms with van der Waals surface area (Å²) >= 11 is 15.3. The Kier molecular flexibility index (Phi) is 3.80. The van der Waals surface area contributed by atoms with Gasteiger partial charge in [-0.1, -0.05) is 45.2 Å². The van der Waals surface area contributed by atoms with Crippen molar-refractivity contribution in [2.45, 2.75) is 6.10 Å². The summed E-state index contributed by atoms with van der Waals surface area (Å²) in [5.41, 5.74) is 1.20. The summed E-state index contributed by atoms with van der Waals surface area (Å²) in [7, 11) is 0. The average Bonchev–Trinajstić information content (AvgIpc) is 2.38. The smallest absolute Gasteiger partial charge is 0.162 e. The topological polar surface area (TPSA) is 21.3 Å². The standard InChI is InChI=1S/C14H9BrCl2FNO/c15-7-1-2-9(11(18)3-7)13-6-19-12-5-8(16)4-10(17)14(12)20-13/h1-5,13,19H,6H2. The van der Waals surface area contributed by atoms with Gasteiger partial charge in [-0.05, 0) is 24.3 Å². The Labute approximate surface area is 134 Å². The van der Waals surface area contributed by atoms with E-state index in [2.05, 4.69) is 21.2 Å². The lowest BCUT2D eigenvalue weighted by molar-refractivity contribution is 0.205. The van der Waals surface area contributed by atoms with Crippen molar-refractivity contribution >= 4 is 44.8 Å². The van der Waals surface area contributed by atoms with Gasteiger partial charge in [0.2, 0.25) is 0 Å². The van der Waals surface area contributed by atoms with Crippen LogP contribution in [-0.2, 0) is 0 Å². The minimum atomic E-state index is -0.436. The van der Waals surface area contributed by atoms with Crippen molar-refractivity contribution < 1.29 is 9.13 Å². The van der Waals surface area contributed by atoms with Crippen LogP contribution in [0, 0.1) is 5.82 Å². The maximum absolute atomic E-state index is 14.0. The Balaban J connectivity index is 1.96. The van der Waals surface area contributed by atoms with Crippen molar-refractivity contribution in [2.24, 2.45) is 0 Å². The number of benzene rings is 2. The molecule has 1 aliphatic rings. The third-order valence-corrected chi connectivity index (χ3v) is 4.05. The molecule has 0 bridgehead atoms. The lowest BCUT2D eigenvalue weighted by Crippen LogP contribution is -2.24. The zero-order chi connectivity index (χ0) is 14.3. The van der Waals surface area contributed by atoms with Crippen LogP contribution in [0.4, 0.5) is 10.1 Å². The molecular weight excluding hydrogens is 368 g/mol. The molecule has 2 nitrogen and oxygen atoms in total. The second kappa shape index (κ2) is 5.43. The molecule has 0 saturated heterocycles. The lowest BCUT2D eigenvalue weighted by Gasteiger charge is -2.28. The molecule has 20 heavy (non-hydrogen) atoms. The first-order valence-corrected chi connectivity index (χ1v) is 7.44. The van der Waals surface area contributed by atoms with Gasteiger partial charge < -0.3 is 10.1 Å². The molecule has 1 N–H and O–H groups in total. The molecule has 1 heterocycles. The van der Waals surface area contributed by atoms with Crippen LogP contribution in [0.2, 0.25) is 10.0 Å². The molecule has 0 amide bonds. The molecule has 6 heteroatoms. The SMILES string of the molecule is Fc1cc(Br)ccc1C1CNc2cc(Cl)cc(Cl)c2O1. The van der Waals surface area contributed by atoms with Gasteiger partial charge in [0.15, 0.2) is 5.75 Å². The van der Waals surface area contributed by atoms with E-state index in [1.165, 1.54) is 6.07 Å². The minimum absolute atomic E-state index is 0.320. The molecule has 0 fully saturated rings. The Morgan fingerprint density at radius 2 is 2.05 bits per heavy atom. The van der Waals surface area contributed by atoms with E-state index in [1.807, 2.05) is 0 Å². The molecule has 2 aromatic carbocycles. The van der Waals surface area contributed by atoms with Crippen LogP contribution in [0.5, 0.6) is 5.75 Å². The van der Waals surface area contributed by atoms with E-state index in [1.54, 1.807) is 24.3 Å². The monoisotopic (exact) mass is 375 g/mol. The molecule has 1 unspecified atom stereocenters. The predicted molar refractivity (Wildman–Crippen MR) is 82.4 cm³/mol. The number of hydrogen-bond acceptors (Lipinski definition) is 2. The molecule has 1 atom stereocenters. The molecule has 1 aliphatic heterocycles. The normalized spacial score (nSPS) is 17.1. The number of fused-ring (bicyclic) bond motifs is 1. The van der Waals surface area contributed by atoms with Gasteiger partial charge >= 0.3 is 0 Å². The quantitative estimate of drug-likeness (QED) is 0.715. The van der Waals surface area contributed by atoms with Crippen molar-refractivity contribution in [3.8, 4) is 5.75 Å². The second-order valence-corrected chi connectivity index (χ2v) is 6.18. The van der Waals surface area contributed by atoms with E-state index in [4.69, 9.17) is 27.9 Å². The Morgan fingerprint density at radius 1 is 1.25 bits per heavy atom. The van der Waals surface area contributed by atoms with Crippen LogP contribution < -0.4 is 10.1 Å². The highest BCUT2D eigenvalue weighted by Crippen LogP contribution is 2.42. The fourth-order valence-corrected chi connectivity index (χ4v) is 3.01. The van der Waals surface area contributed by atoms with Crippen LogP contribution in [0.1, 0.15) is 11.7 Å². The molecule has 3 rings (SSSR count). The summed E-state index contributed by atoms with van der Waals surface area (Å²) in [5, 5.41) is 4.09. The van der Waals surface area contributed by atoms with Crippen LogP contribution in [0.3, 0.4) is 0 Å². The summed E-state index contributed by atoms with van der Waals surface area (Å²) in [6, 6.07) is 8.22. The average molecular weight is 377 g/mol. The highest BCUT2D eigenvalue weighted by Gasteiger charge is 2.25. The fraction of sp³-hybridized carbons (Fsp3) is 0.143. The van der Waals surface area contributed by atoms with E-state index in [0.717, 1.165) is 5.69 Å². The van der Waals surface area contributed by atoms with Crippen molar-refractivity contribution in [1.29, 1.82) is 0 Å². The molecule has 2 aromatic rings. The van der Waals surface area contributed by atoms with Gasteiger partial charge in [0.1, 0.15) is 11.9 Å². The van der Waals surface area contributed by atoms with Gasteiger partial charge in [0.05, 0.1) is 17.3 Å². The van der Waals surface area contributed by atoms with E-state index < -0.39 is 6.10 Å². The molecule has 0 spiro atoms. The van der Waals surface area contributed by atoms with Crippen molar-refractivity contribution in [3.05, 3.63) is 56.2 Å². The van der Waals surface area contributed by atoms with Crippen LogP contribution >= 0.6 is 39.1 Å². The summed E-state index contributed by atoms with van der Waals surface area (Å²) in [5.74, 6) is 0.175. The first-order chi connectivity index (χ1) is 9.54. The van der Waals surface area contributed by atoms with Crippen molar-refractivity contribution in [2.75, 3.05) is 11.9 Å². The first-order valence-electron chi connectivity index (χ1n) is 5.89. The molecule has 0 radical (unpaired) electrons. The van der Waals surface area contributed by atoms with E-state index in [-0.39, 0.29) is 5.82 Å². The third kappa shape index (κ3) is 2.60. The number of hydrogen-bond donors (Lipinski definition) is 1. The largest absolute Gasteiger partial charge is 0.480 e. The van der Waals surface area contributed by atoms with Crippen LogP contribution in [0.25, 0.3) is 0 Å². The Hall–Kier alpha value is -0.970. The van der Waals surface area contributed by atoms with E-state index in [0.29, 0.717) is 32.4 Å². The summed E-state index contributed by atoms with van der Waals surface area (Å²) in [6.07, 6.45) is -0.436. The van der Waals surface area contributed by atoms with Crippen LogP contribution in [0.15, 0.2) is 34.8 Å². The highest BCUT2D eigenvalue weighted by atomic mass is 79.9. The maximum Gasteiger partial charge on any atom is 0.162 e. The zero-order valence-corrected chi connectivity index (χ0v) is 13.2. The minimum Gasteiger partial charge on any atom is -0.480 e. The summed E-state index contributed by atoms with van der Waals surface area (Å²) < 4.78 is 20.5. The lowest BCUT2D eigenvalue weighted by atomic mass is 10.1. The number of anilines is 1. The number of ether oxygens (including phenoxy) is 1. The third-order valence-electron chi connectivity index (χ3n) is 3.06. The molecular formula is C14H9BrCl2FNO. The summed E-state index contributed by atoms with van der Waals surface area (Å²) in [4.78, 5) is 0. The second-order valence-electron chi connectivity index (χ2n) is 4.42. The van der Waals surface area contributed by atoms with E-state index in [9.17, 15) is 4.39 Å². The Morgan fingerprint density at radius 3 is 2.80 bits per heavy atom. The number of halogens is 4. The predicted octanol–water partition coefficient (Wildman–Crippen LogP) is 5.44. The highest BCUT2D eigenvalue weighted by molar-refractivity contribution is 9.10.